The Balaban J connectivity index is 1.69. The number of aromatic nitrogens is 1. The van der Waals surface area contributed by atoms with Gasteiger partial charge in [-0.25, -0.2) is 0 Å². The van der Waals surface area contributed by atoms with Gasteiger partial charge >= 0.3 is 0 Å². The number of likely N-dealkylation sites (N-methyl/N-ethyl adjacent to an activating group) is 1. The molecule has 0 spiro atoms. The summed E-state index contributed by atoms with van der Waals surface area (Å²) < 4.78 is 7.76. The van der Waals surface area contributed by atoms with Gasteiger partial charge in [0.25, 0.3) is 5.91 Å². The molecule has 1 aromatic heterocycles. The maximum Gasteiger partial charge on any atom is 0.268 e. The first-order valence-electron chi connectivity index (χ1n) is 8.62. The molecule has 1 saturated heterocycles. The molecule has 24 heavy (non-hydrogen) atoms. The van der Waals surface area contributed by atoms with Crippen molar-refractivity contribution in [2.24, 2.45) is 7.05 Å². The Morgan fingerprint density at radius 2 is 2.12 bits per heavy atom. The third-order valence-corrected chi connectivity index (χ3v) is 4.98. The zero-order valence-electron chi connectivity index (χ0n) is 15.1. The van der Waals surface area contributed by atoms with Gasteiger partial charge in [0.05, 0.1) is 18.2 Å². The number of amides is 1. The van der Waals surface area contributed by atoms with Crippen LogP contribution in [0.1, 0.15) is 28.0 Å². The van der Waals surface area contributed by atoms with Crippen LogP contribution in [0.25, 0.3) is 10.9 Å². The molecule has 1 amide bonds. The van der Waals surface area contributed by atoms with E-state index >= 15 is 0 Å². The first kappa shape index (κ1) is 17.0. The van der Waals surface area contributed by atoms with Crippen molar-refractivity contribution in [3.05, 3.63) is 35.0 Å². The highest BCUT2D eigenvalue weighted by Gasteiger charge is 2.21. The van der Waals surface area contributed by atoms with Gasteiger partial charge in [-0.15, -0.1) is 0 Å². The second kappa shape index (κ2) is 6.95. The summed E-state index contributed by atoms with van der Waals surface area (Å²) in [4.78, 5) is 15.0. The van der Waals surface area contributed by atoms with Crippen molar-refractivity contribution >= 4 is 16.8 Å². The number of carbonyl (C=O) groups excluding carboxylic acids is 1. The third-order valence-electron chi connectivity index (χ3n) is 4.98. The molecule has 5 nitrogen and oxygen atoms in total. The van der Waals surface area contributed by atoms with Crippen LogP contribution in [0.3, 0.4) is 0 Å². The van der Waals surface area contributed by atoms with Gasteiger partial charge in [0.1, 0.15) is 5.69 Å². The van der Waals surface area contributed by atoms with E-state index in [1.54, 1.807) is 0 Å². The number of fused-ring (bicyclic) bond motifs is 1. The van der Waals surface area contributed by atoms with Crippen LogP contribution in [-0.2, 0) is 11.8 Å². The molecular weight excluding hydrogens is 302 g/mol. The van der Waals surface area contributed by atoms with E-state index in [1.165, 1.54) is 5.56 Å². The fraction of sp³-hybridized carbons (Fsp3) is 0.526. The zero-order valence-corrected chi connectivity index (χ0v) is 15.1. The predicted octanol–water partition coefficient (Wildman–Crippen LogP) is 2.25. The van der Waals surface area contributed by atoms with E-state index in [0.29, 0.717) is 6.54 Å². The number of benzene rings is 1. The lowest BCUT2D eigenvalue weighted by molar-refractivity contribution is -0.0226. The highest BCUT2D eigenvalue weighted by atomic mass is 16.5. The highest BCUT2D eigenvalue weighted by molar-refractivity contribution is 6.02. The predicted molar refractivity (Wildman–Crippen MR) is 96.6 cm³/mol. The molecule has 0 radical (unpaired) electrons. The van der Waals surface area contributed by atoms with Crippen LogP contribution in [0.15, 0.2) is 18.2 Å². The summed E-state index contributed by atoms with van der Waals surface area (Å²) in [6, 6.07) is 6.21. The Morgan fingerprint density at radius 1 is 1.33 bits per heavy atom. The largest absolute Gasteiger partial charge is 0.375 e. The monoisotopic (exact) mass is 329 g/mol. The van der Waals surface area contributed by atoms with Gasteiger partial charge in [-0.2, -0.15) is 0 Å². The van der Waals surface area contributed by atoms with E-state index in [9.17, 15) is 4.79 Å². The average Bonchev–Trinajstić information content (AvgIpc) is 2.80. The van der Waals surface area contributed by atoms with Crippen LogP contribution in [0.5, 0.6) is 0 Å². The lowest BCUT2D eigenvalue weighted by Crippen LogP contribution is -2.41. The number of hydrogen-bond acceptors (Lipinski definition) is 3. The van der Waals surface area contributed by atoms with Gasteiger partial charge in [-0.1, -0.05) is 18.2 Å². The van der Waals surface area contributed by atoms with Gasteiger partial charge in [0, 0.05) is 32.1 Å². The number of nitrogens with one attached hydrogen (secondary N) is 1. The summed E-state index contributed by atoms with van der Waals surface area (Å²) in [5.41, 5.74) is 4.12. The van der Waals surface area contributed by atoms with E-state index in [0.717, 1.165) is 48.3 Å². The average molecular weight is 329 g/mol. The maximum atomic E-state index is 12.7. The first-order valence-corrected chi connectivity index (χ1v) is 8.62. The van der Waals surface area contributed by atoms with Crippen molar-refractivity contribution in [3.8, 4) is 0 Å². The van der Waals surface area contributed by atoms with Crippen LogP contribution in [0, 0.1) is 13.8 Å². The fourth-order valence-electron chi connectivity index (χ4n) is 3.69. The lowest BCUT2D eigenvalue weighted by atomic mass is 10.1. The molecule has 1 unspecified atom stereocenters. The Kier molecular flexibility index (Phi) is 4.92. The summed E-state index contributed by atoms with van der Waals surface area (Å²) in [5, 5.41) is 4.22. The fourth-order valence-corrected chi connectivity index (χ4v) is 3.69. The SMILES string of the molecule is Cc1c(C(=O)NCCC2CN(C)CCO2)n(C)c2c(C)cccc12. The molecule has 1 fully saturated rings. The summed E-state index contributed by atoms with van der Waals surface area (Å²) in [6.45, 7) is 7.43. The Hall–Kier alpha value is -1.85. The van der Waals surface area contributed by atoms with Crippen molar-refractivity contribution in [1.82, 2.24) is 14.8 Å². The normalized spacial score (nSPS) is 18.9. The number of nitrogens with zero attached hydrogens (tertiary/aromatic N) is 2. The minimum absolute atomic E-state index is 0.00485. The summed E-state index contributed by atoms with van der Waals surface area (Å²) in [5.74, 6) is -0.00485. The summed E-state index contributed by atoms with van der Waals surface area (Å²) in [7, 11) is 4.08. The molecule has 0 bridgehead atoms. The second-order valence-electron chi connectivity index (χ2n) is 6.80. The molecule has 3 rings (SSSR count). The molecule has 2 aromatic rings. The molecule has 1 N–H and O–H groups in total. The lowest BCUT2D eigenvalue weighted by Gasteiger charge is -2.30. The Bertz CT molecular complexity index is 751. The van der Waals surface area contributed by atoms with Crippen molar-refractivity contribution in [1.29, 1.82) is 0 Å². The molecule has 2 heterocycles. The topological polar surface area (TPSA) is 46.5 Å². The van der Waals surface area contributed by atoms with E-state index in [4.69, 9.17) is 4.74 Å². The summed E-state index contributed by atoms with van der Waals surface area (Å²) in [6.07, 6.45) is 1.05. The highest BCUT2D eigenvalue weighted by Crippen LogP contribution is 2.27. The number of ether oxygens (including phenoxy) is 1. The number of morpholine rings is 1. The molecule has 0 saturated carbocycles. The molecule has 0 aliphatic carbocycles. The molecule has 1 atom stereocenters. The minimum atomic E-state index is -0.00485. The Labute approximate surface area is 143 Å². The number of hydrogen-bond donors (Lipinski definition) is 1. The standard InChI is InChI=1S/C19H27N3O2/c1-13-6-5-7-16-14(2)18(22(4)17(13)16)19(23)20-9-8-15-12-21(3)10-11-24-15/h5-7,15H,8-12H2,1-4H3,(H,20,23). The summed E-state index contributed by atoms with van der Waals surface area (Å²) >= 11 is 0. The molecule has 1 aromatic carbocycles. The molecule has 1 aliphatic rings. The van der Waals surface area contributed by atoms with E-state index in [2.05, 4.69) is 36.3 Å². The van der Waals surface area contributed by atoms with Crippen LogP contribution in [-0.4, -0.2) is 54.8 Å². The van der Waals surface area contributed by atoms with E-state index in [-0.39, 0.29) is 12.0 Å². The van der Waals surface area contributed by atoms with Crippen LogP contribution >= 0.6 is 0 Å². The third kappa shape index (κ3) is 3.19. The molecule has 5 heteroatoms. The first-order chi connectivity index (χ1) is 11.5. The van der Waals surface area contributed by atoms with Crippen LogP contribution < -0.4 is 5.32 Å². The van der Waals surface area contributed by atoms with Gasteiger partial charge in [0.2, 0.25) is 0 Å². The minimum Gasteiger partial charge on any atom is -0.375 e. The van der Waals surface area contributed by atoms with E-state index < -0.39 is 0 Å². The maximum absolute atomic E-state index is 12.7. The molecule has 130 valence electrons. The van der Waals surface area contributed by atoms with Gasteiger partial charge < -0.3 is 19.5 Å². The van der Waals surface area contributed by atoms with Crippen molar-refractivity contribution in [3.63, 3.8) is 0 Å². The van der Waals surface area contributed by atoms with Gasteiger partial charge in [-0.05, 0) is 38.4 Å². The van der Waals surface area contributed by atoms with Crippen molar-refractivity contribution in [2.75, 3.05) is 33.3 Å². The number of para-hydroxylation sites is 1. The van der Waals surface area contributed by atoms with Crippen LogP contribution in [0.2, 0.25) is 0 Å². The quantitative estimate of drug-likeness (QED) is 0.936. The number of aryl methyl sites for hydroxylation is 3. The number of rotatable bonds is 4. The van der Waals surface area contributed by atoms with Crippen LogP contribution in [0.4, 0.5) is 0 Å². The molecule has 1 aliphatic heterocycles. The van der Waals surface area contributed by atoms with Gasteiger partial charge in [-0.3, -0.25) is 4.79 Å². The Morgan fingerprint density at radius 3 is 2.83 bits per heavy atom. The van der Waals surface area contributed by atoms with Crippen molar-refractivity contribution in [2.45, 2.75) is 26.4 Å². The van der Waals surface area contributed by atoms with Crippen molar-refractivity contribution < 1.29 is 9.53 Å². The number of carbonyl (C=O) groups is 1. The van der Waals surface area contributed by atoms with E-state index in [1.807, 2.05) is 24.6 Å². The zero-order chi connectivity index (χ0) is 17.3. The smallest absolute Gasteiger partial charge is 0.268 e. The second-order valence-corrected chi connectivity index (χ2v) is 6.80. The molecular formula is C19H27N3O2. The van der Waals surface area contributed by atoms with Gasteiger partial charge in [0.15, 0.2) is 0 Å².